The monoisotopic (exact) mass is 425 g/mol. The molecule has 1 N–H and O–H groups in total. The zero-order chi connectivity index (χ0) is 20.5. The first-order valence-electron chi connectivity index (χ1n) is 8.23. The van der Waals surface area contributed by atoms with E-state index in [0.29, 0.717) is 21.7 Å². The molecule has 0 spiro atoms. The van der Waals surface area contributed by atoms with E-state index in [0.717, 1.165) is 11.8 Å². The van der Waals surface area contributed by atoms with Crippen LogP contribution >= 0.6 is 23.4 Å². The van der Waals surface area contributed by atoms with Gasteiger partial charge in [0.25, 0.3) is 0 Å². The van der Waals surface area contributed by atoms with E-state index in [9.17, 15) is 18.0 Å². The molecule has 4 nitrogen and oxygen atoms in total. The minimum atomic E-state index is -4.68. The predicted octanol–water partition coefficient (Wildman–Crippen LogP) is 5.73. The largest absolute Gasteiger partial charge is 0.451 e. The van der Waals surface area contributed by atoms with Crippen molar-refractivity contribution in [2.45, 2.75) is 30.3 Å². The van der Waals surface area contributed by atoms with E-state index in [-0.39, 0.29) is 16.4 Å². The number of halogens is 4. The first kappa shape index (κ1) is 20.4. The van der Waals surface area contributed by atoms with Crippen molar-refractivity contribution in [3.8, 4) is 0 Å². The fourth-order valence-corrected chi connectivity index (χ4v) is 3.58. The number of rotatable bonds is 4. The molecule has 146 valence electrons. The van der Waals surface area contributed by atoms with Crippen molar-refractivity contribution >= 4 is 45.9 Å². The number of para-hydroxylation sites is 1. The van der Waals surface area contributed by atoms with Crippen LogP contribution in [0.15, 0.2) is 47.5 Å². The maximum atomic E-state index is 13.1. The van der Waals surface area contributed by atoms with Crippen molar-refractivity contribution in [1.29, 1.82) is 0 Å². The normalized spacial score (nSPS) is 12.8. The number of hydrogen-bond acceptors (Lipinski definition) is 4. The molecule has 0 fully saturated rings. The second kappa shape index (κ2) is 7.97. The molecule has 1 atom stereocenters. The summed E-state index contributed by atoms with van der Waals surface area (Å²) < 4.78 is 39.4. The highest BCUT2D eigenvalue weighted by Gasteiger charge is 2.36. The number of benzene rings is 2. The first-order valence-corrected chi connectivity index (χ1v) is 9.49. The summed E-state index contributed by atoms with van der Waals surface area (Å²) in [5.41, 5.74) is 1.43. The molecule has 3 aromatic rings. The molecule has 28 heavy (non-hydrogen) atoms. The summed E-state index contributed by atoms with van der Waals surface area (Å²) in [6, 6.07) is 11.5. The van der Waals surface area contributed by atoms with Crippen LogP contribution < -0.4 is 5.32 Å². The third kappa shape index (κ3) is 4.39. The summed E-state index contributed by atoms with van der Waals surface area (Å²) in [7, 11) is 0. The third-order valence-electron chi connectivity index (χ3n) is 4.01. The molecule has 0 radical (unpaired) electrons. The Balaban J connectivity index is 1.89. The van der Waals surface area contributed by atoms with Crippen molar-refractivity contribution in [1.82, 2.24) is 9.97 Å². The smallest absolute Gasteiger partial charge is 0.325 e. The second-order valence-corrected chi connectivity index (χ2v) is 7.77. The SMILES string of the molecule is Cc1c(Cl)cccc1NC(=O)[C@H](C)Sc1nc(C(F)(F)F)nc2ccccc12. The number of carbonyl (C=O) groups is 1. The van der Waals surface area contributed by atoms with Crippen LogP contribution in [0.2, 0.25) is 5.02 Å². The molecule has 1 heterocycles. The lowest BCUT2D eigenvalue weighted by Crippen LogP contribution is -2.23. The van der Waals surface area contributed by atoms with Crippen molar-refractivity contribution in [2.75, 3.05) is 5.32 Å². The molecule has 9 heteroatoms. The molecule has 0 saturated carbocycles. The van der Waals surface area contributed by atoms with Crippen LogP contribution in [0, 0.1) is 6.92 Å². The number of anilines is 1. The number of carbonyl (C=O) groups excluding carboxylic acids is 1. The summed E-state index contributed by atoms with van der Waals surface area (Å²) in [6.07, 6.45) is -4.68. The second-order valence-electron chi connectivity index (χ2n) is 6.03. The topological polar surface area (TPSA) is 54.9 Å². The number of nitrogens with zero attached hydrogens (tertiary/aromatic N) is 2. The van der Waals surface area contributed by atoms with Gasteiger partial charge < -0.3 is 5.32 Å². The van der Waals surface area contributed by atoms with E-state index in [2.05, 4.69) is 15.3 Å². The summed E-state index contributed by atoms with van der Waals surface area (Å²) >= 11 is 7.00. The van der Waals surface area contributed by atoms with Crippen molar-refractivity contribution in [2.24, 2.45) is 0 Å². The minimum absolute atomic E-state index is 0.100. The van der Waals surface area contributed by atoms with Gasteiger partial charge in [-0.3, -0.25) is 4.79 Å². The fourth-order valence-electron chi connectivity index (χ4n) is 2.46. The van der Waals surface area contributed by atoms with E-state index in [1.807, 2.05) is 0 Å². The van der Waals surface area contributed by atoms with Crippen LogP contribution in [0.4, 0.5) is 18.9 Å². The van der Waals surface area contributed by atoms with Crippen LogP contribution in [0.25, 0.3) is 10.9 Å². The number of fused-ring (bicyclic) bond motifs is 1. The Kier molecular flexibility index (Phi) is 5.81. The van der Waals surface area contributed by atoms with Crippen LogP contribution in [0.3, 0.4) is 0 Å². The van der Waals surface area contributed by atoms with Gasteiger partial charge in [-0.2, -0.15) is 13.2 Å². The molecule has 0 aliphatic carbocycles. The van der Waals surface area contributed by atoms with E-state index >= 15 is 0 Å². The molecular weight excluding hydrogens is 411 g/mol. The van der Waals surface area contributed by atoms with Gasteiger partial charge in [-0.25, -0.2) is 9.97 Å². The number of alkyl halides is 3. The van der Waals surface area contributed by atoms with E-state index in [1.165, 1.54) is 6.07 Å². The highest BCUT2D eigenvalue weighted by Crippen LogP contribution is 2.34. The molecule has 1 amide bonds. The average molecular weight is 426 g/mol. The van der Waals surface area contributed by atoms with Crippen molar-refractivity contribution in [3.63, 3.8) is 0 Å². The van der Waals surface area contributed by atoms with Gasteiger partial charge in [-0.05, 0) is 37.6 Å². The van der Waals surface area contributed by atoms with Crippen LogP contribution in [-0.4, -0.2) is 21.1 Å². The highest BCUT2D eigenvalue weighted by molar-refractivity contribution is 8.00. The van der Waals surface area contributed by atoms with Crippen LogP contribution in [-0.2, 0) is 11.0 Å². The Bertz CT molecular complexity index is 1040. The molecule has 0 unspecified atom stereocenters. The van der Waals surface area contributed by atoms with E-state index < -0.39 is 17.3 Å². The van der Waals surface area contributed by atoms with Gasteiger partial charge in [-0.15, -0.1) is 0 Å². The van der Waals surface area contributed by atoms with Gasteiger partial charge in [0.15, 0.2) is 0 Å². The van der Waals surface area contributed by atoms with Gasteiger partial charge in [0.05, 0.1) is 10.8 Å². The highest BCUT2D eigenvalue weighted by atomic mass is 35.5. The maximum Gasteiger partial charge on any atom is 0.451 e. The van der Waals surface area contributed by atoms with E-state index in [4.69, 9.17) is 11.6 Å². The molecule has 0 aliphatic heterocycles. The third-order valence-corrected chi connectivity index (χ3v) is 5.52. The Hall–Kier alpha value is -2.32. The summed E-state index contributed by atoms with van der Waals surface area (Å²) in [6.45, 7) is 3.37. The molecule has 1 aromatic heterocycles. The number of hydrogen-bond donors (Lipinski definition) is 1. The molecular formula is C19H15ClF3N3OS. The van der Waals surface area contributed by atoms with Gasteiger partial charge in [-0.1, -0.05) is 47.6 Å². The Labute approximate surface area is 168 Å². The molecule has 0 bridgehead atoms. The van der Waals surface area contributed by atoms with Crippen LogP contribution in [0.1, 0.15) is 18.3 Å². The zero-order valence-corrected chi connectivity index (χ0v) is 16.4. The number of amides is 1. The molecule has 2 aromatic carbocycles. The van der Waals surface area contributed by atoms with Crippen molar-refractivity contribution < 1.29 is 18.0 Å². The molecule has 0 aliphatic rings. The van der Waals surface area contributed by atoms with Crippen molar-refractivity contribution in [3.05, 3.63) is 58.9 Å². The number of nitrogens with one attached hydrogen (secondary N) is 1. The van der Waals surface area contributed by atoms with Gasteiger partial charge in [0.2, 0.25) is 11.7 Å². The summed E-state index contributed by atoms with van der Waals surface area (Å²) in [5, 5.41) is 3.12. The van der Waals surface area contributed by atoms with Gasteiger partial charge >= 0.3 is 6.18 Å². The fraction of sp³-hybridized carbons (Fsp3) is 0.211. The lowest BCUT2D eigenvalue weighted by atomic mass is 10.2. The average Bonchev–Trinajstić information content (AvgIpc) is 2.64. The quantitative estimate of drug-likeness (QED) is 0.428. The van der Waals surface area contributed by atoms with Gasteiger partial charge in [0.1, 0.15) is 5.03 Å². The zero-order valence-electron chi connectivity index (χ0n) is 14.8. The van der Waals surface area contributed by atoms with Crippen LogP contribution in [0.5, 0.6) is 0 Å². The Morgan fingerprint density at radius 3 is 2.57 bits per heavy atom. The van der Waals surface area contributed by atoms with E-state index in [1.54, 1.807) is 50.2 Å². The Morgan fingerprint density at radius 2 is 1.86 bits per heavy atom. The molecule has 3 rings (SSSR count). The van der Waals surface area contributed by atoms with Gasteiger partial charge in [0, 0.05) is 16.1 Å². The number of thioether (sulfide) groups is 1. The maximum absolute atomic E-state index is 13.1. The lowest BCUT2D eigenvalue weighted by Gasteiger charge is -2.15. The predicted molar refractivity (Wildman–Crippen MR) is 105 cm³/mol. The lowest BCUT2D eigenvalue weighted by molar-refractivity contribution is -0.145. The molecule has 0 saturated heterocycles. The standard InChI is InChI=1S/C19H15ClF3N3OS/c1-10-13(20)7-5-9-14(10)24-16(27)11(2)28-17-12-6-3-4-8-15(12)25-18(26-17)19(21,22)23/h3-9,11H,1-2H3,(H,24,27)/t11-/m0/s1. The summed E-state index contributed by atoms with van der Waals surface area (Å²) in [5.74, 6) is -1.60. The first-order chi connectivity index (χ1) is 13.2. The summed E-state index contributed by atoms with van der Waals surface area (Å²) in [4.78, 5) is 19.8. The minimum Gasteiger partial charge on any atom is -0.325 e. The number of aromatic nitrogens is 2. The Morgan fingerprint density at radius 1 is 1.14 bits per heavy atom.